The number of morpholine rings is 1. The molecule has 1 aliphatic heterocycles. The number of hydrogen-bond acceptors (Lipinski definition) is 8. The van der Waals surface area contributed by atoms with Gasteiger partial charge in [0.15, 0.2) is 17.2 Å². The second kappa shape index (κ2) is 10.6. The van der Waals surface area contributed by atoms with Crippen molar-refractivity contribution in [3.8, 4) is 23.1 Å². The molecule has 1 saturated heterocycles. The van der Waals surface area contributed by atoms with Crippen molar-refractivity contribution in [1.82, 2.24) is 9.47 Å². The van der Waals surface area contributed by atoms with Crippen molar-refractivity contribution in [3.63, 3.8) is 0 Å². The van der Waals surface area contributed by atoms with E-state index in [9.17, 15) is 9.90 Å². The summed E-state index contributed by atoms with van der Waals surface area (Å²) in [5, 5.41) is 19.9. The quantitative estimate of drug-likeness (QED) is 0.429. The molecule has 3 aromatic rings. The molecule has 0 saturated carbocycles. The normalized spacial score (nSPS) is 14.5. The third-order valence-electron chi connectivity index (χ3n) is 5.91. The Morgan fingerprint density at radius 3 is 2.37 bits per heavy atom. The molecule has 2 aromatic carbocycles. The summed E-state index contributed by atoms with van der Waals surface area (Å²) in [4.78, 5) is 15.1. The molecular weight excluding hydrogens is 520 g/mol. The van der Waals surface area contributed by atoms with Gasteiger partial charge in [0.1, 0.15) is 0 Å². The minimum Gasteiger partial charge on any atom is -0.493 e. The molecule has 0 spiro atoms. The Bertz CT molecular complexity index is 1260. The number of rotatable bonds is 7. The van der Waals surface area contributed by atoms with Crippen LogP contribution in [0.15, 0.2) is 39.0 Å². The van der Waals surface area contributed by atoms with Gasteiger partial charge in [-0.05, 0) is 46.6 Å². The Balaban J connectivity index is 1.74. The van der Waals surface area contributed by atoms with E-state index in [1.807, 2.05) is 19.1 Å². The number of aromatic nitrogens is 1. The summed E-state index contributed by atoms with van der Waals surface area (Å²) in [5.74, 6) is 0.329. The van der Waals surface area contributed by atoms with E-state index in [0.29, 0.717) is 42.5 Å². The first-order chi connectivity index (χ1) is 16.9. The van der Waals surface area contributed by atoms with Crippen molar-refractivity contribution in [2.24, 2.45) is 10.2 Å². The van der Waals surface area contributed by atoms with Crippen LogP contribution in [0.4, 0.5) is 5.69 Å². The third kappa shape index (κ3) is 4.84. The fraction of sp³-hybridized carbons (Fsp3) is 0.375. The summed E-state index contributed by atoms with van der Waals surface area (Å²) in [6.45, 7) is 5.18. The van der Waals surface area contributed by atoms with Gasteiger partial charge in [0, 0.05) is 22.9 Å². The topological polar surface area (TPSA) is 107 Å². The number of ether oxygens (including phenoxy) is 4. The van der Waals surface area contributed by atoms with Crippen molar-refractivity contribution in [2.45, 2.75) is 13.6 Å². The summed E-state index contributed by atoms with van der Waals surface area (Å²) >= 11 is 3.62. The van der Waals surface area contributed by atoms with Crippen LogP contribution in [-0.2, 0) is 11.4 Å². The predicted octanol–water partition coefficient (Wildman–Crippen LogP) is 4.66. The van der Waals surface area contributed by atoms with Gasteiger partial charge in [-0.15, -0.1) is 10.2 Å². The number of carbonyl (C=O) groups excluding carboxylic acids is 1. The first-order valence-corrected chi connectivity index (χ1v) is 11.7. The van der Waals surface area contributed by atoms with Gasteiger partial charge in [-0.25, -0.2) is 0 Å². The van der Waals surface area contributed by atoms with Gasteiger partial charge in [-0.1, -0.05) is 6.07 Å². The average molecular weight is 547 g/mol. The van der Waals surface area contributed by atoms with Crippen molar-refractivity contribution in [3.05, 3.63) is 39.9 Å². The van der Waals surface area contributed by atoms with Gasteiger partial charge in [0.05, 0.1) is 52.3 Å². The van der Waals surface area contributed by atoms with Gasteiger partial charge in [0.25, 0.3) is 5.91 Å². The van der Waals surface area contributed by atoms with Crippen LogP contribution in [0.3, 0.4) is 0 Å². The zero-order valence-corrected chi connectivity index (χ0v) is 21.6. The number of hydrogen-bond donors (Lipinski definition) is 1. The molecule has 186 valence electrons. The summed E-state index contributed by atoms with van der Waals surface area (Å²) in [6.07, 6.45) is 0. The van der Waals surface area contributed by atoms with Gasteiger partial charge < -0.3 is 24.1 Å². The van der Waals surface area contributed by atoms with Gasteiger partial charge >= 0.3 is 0 Å². The first-order valence-electron chi connectivity index (χ1n) is 11.0. The monoisotopic (exact) mass is 546 g/mol. The molecule has 1 N–H and O–H groups in total. The number of carbonyl (C=O) groups is 1. The molecule has 4 rings (SSSR count). The molecule has 1 fully saturated rings. The van der Waals surface area contributed by atoms with E-state index < -0.39 is 5.91 Å². The SMILES string of the molecule is COc1cc(C(=O)N=Nc2c(O)n(CN3CCOCC3)c3ccc(C)c(Br)c23)cc(OC)c1OC. The lowest BCUT2D eigenvalue weighted by Crippen LogP contribution is -2.37. The molecule has 1 amide bonds. The zero-order chi connectivity index (χ0) is 25.1. The van der Waals surface area contributed by atoms with Crippen LogP contribution in [-0.4, -0.2) is 68.1 Å². The minimum atomic E-state index is -0.624. The Kier molecular flexibility index (Phi) is 7.58. The van der Waals surface area contributed by atoms with Gasteiger partial charge in [-0.2, -0.15) is 0 Å². The number of benzene rings is 2. The van der Waals surface area contributed by atoms with E-state index in [1.165, 1.54) is 33.5 Å². The van der Waals surface area contributed by atoms with Crippen LogP contribution in [0.2, 0.25) is 0 Å². The van der Waals surface area contributed by atoms with E-state index in [1.54, 1.807) is 4.57 Å². The second-order valence-electron chi connectivity index (χ2n) is 7.98. The molecule has 11 heteroatoms. The van der Waals surface area contributed by atoms with Crippen LogP contribution in [0.5, 0.6) is 23.1 Å². The molecule has 0 atom stereocenters. The van der Waals surface area contributed by atoms with E-state index in [-0.39, 0.29) is 17.1 Å². The number of fused-ring (bicyclic) bond motifs is 1. The van der Waals surface area contributed by atoms with Crippen LogP contribution >= 0.6 is 15.9 Å². The Morgan fingerprint density at radius 1 is 1.11 bits per heavy atom. The molecule has 0 unspecified atom stereocenters. The highest BCUT2D eigenvalue weighted by Gasteiger charge is 2.23. The number of aromatic hydroxyl groups is 1. The molecule has 2 heterocycles. The van der Waals surface area contributed by atoms with Crippen molar-refractivity contribution in [2.75, 3.05) is 47.6 Å². The van der Waals surface area contributed by atoms with Crippen LogP contribution < -0.4 is 14.2 Å². The standard InChI is InChI=1S/C24H27BrN4O6/c1-14-5-6-16-19(20(14)25)21(24(31)29(16)13-28-7-9-35-10-8-28)26-27-23(30)15-11-17(32-2)22(34-4)18(12-15)33-3/h5-6,11-12,31H,7-10,13H2,1-4H3. The number of methoxy groups -OCH3 is 3. The highest BCUT2D eigenvalue weighted by atomic mass is 79.9. The lowest BCUT2D eigenvalue weighted by molar-refractivity contribution is 0.0231. The largest absolute Gasteiger partial charge is 0.493 e. The molecule has 0 radical (unpaired) electrons. The molecule has 0 aliphatic carbocycles. The van der Waals surface area contributed by atoms with E-state index >= 15 is 0 Å². The van der Waals surface area contributed by atoms with Crippen molar-refractivity contribution in [1.29, 1.82) is 0 Å². The number of aryl methyl sites for hydroxylation is 1. The first kappa shape index (κ1) is 25.0. The van der Waals surface area contributed by atoms with Crippen molar-refractivity contribution < 1.29 is 28.8 Å². The smallest absolute Gasteiger partial charge is 0.295 e. The van der Waals surface area contributed by atoms with E-state index in [2.05, 4.69) is 31.1 Å². The maximum atomic E-state index is 12.9. The number of nitrogens with zero attached hydrogens (tertiary/aromatic N) is 4. The lowest BCUT2D eigenvalue weighted by atomic mass is 10.1. The Morgan fingerprint density at radius 2 is 1.77 bits per heavy atom. The molecule has 10 nitrogen and oxygen atoms in total. The molecule has 1 aliphatic rings. The summed E-state index contributed by atoms with van der Waals surface area (Å²) in [7, 11) is 4.42. The van der Waals surface area contributed by atoms with E-state index in [0.717, 1.165) is 28.6 Å². The Hall–Kier alpha value is -3.15. The number of azo groups is 1. The summed E-state index contributed by atoms with van der Waals surface area (Å²) in [5.41, 5.74) is 2.16. The minimum absolute atomic E-state index is 0.0702. The van der Waals surface area contributed by atoms with Gasteiger partial charge in [0.2, 0.25) is 11.6 Å². The lowest BCUT2D eigenvalue weighted by Gasteiger charge is -2.27. The predicted molar refractivity (Wildman–Crippen MR) is 133 cm³/mol. The molecule has 35 heavy (non-hydrogen) atoms. The fourth-order valence-electron chi connectivity index (χ4n) is 4.01. The second-order valence-corrected chi connectivity index (χ2v) is 8.77. The van der Waals surface area contributed by atoms with Crippen LogP contribution in [0, 0.1) is 6.92 Å². The summed E-state index contributed by atoms with van der Waals surface area (Å²) < 4.78 is 23.9. The summed E-state index contributed by atoms with van der Waals surface area (Å²) in [6, 6.07) is 6.90. The number of halogens is 1. The van der Waals surface area contributed by atoms with Crippen LogP contribution in [0.25, 0.3) is 10.9 Å². The number of amides is 1. The maximum absolute atomic E-state index is 12.9. The maximum Gasteiger partial charge on any atom is 0.295 e. The van der Waals surface area contributed by atoms with E-state index in [4.69, 9.17) is 18.9 Å². The molecule has 0 bridgehead atoms. The molecule has 1 aromatic heterocycles. The van der Waals surface area contributed by atoms with Gasteiger partial charge in [-0.3, -0.25) is 14.3 Å². The Labute approximate surface area is 211 Å². The highest BCUT2D eigenvalue weighted by Crippen LogP contribution is 2.44. The highest BCUT2D eigenvalue weighted by molar-refractivity contribution is 9.10. The third-order valence-corrected chi connectivity index (χ3v) is 6.93. The fourth-order valence-corrected chi connectivity index (χ4v) is 4.54. The molecular formula is C24H27BrN4O6. The average Bonchev–Trinajstić information content (AvgIpc) is 3.15. The van der Waals surface area contributed by atoms with Crippen molar-refractivity contribution >= 4 is 38.4 Å². The van der Waals surface area contributed by atoms with Crippen LogP contribution in [0.1, 0.15) is 15.9 Å². The zero-order valence-electron chi connectivity index (χ0n) is 20.0.